The number of urea groups is 1. The Balaban J connectivity index is 2.41. The zero-order valence-corrected chi connectivity index (χ0v) is 6.43. The Kier molecular flexibility index (Phi) is 2.67. The minimum absolute atomic E-state index is 0.00111. The maximum atomic E-state index is 10.8. The van der Waals surface area contributed by atoms with Gasteiger partial charge in [-0.15, -0.1) is 16.7 Å². The van der Waals surface area contributed by atoms with Crippen molar-refractivity contribution in [2.75, 3.05) is 19.0 Å². The number of hydrogen-bond donors (Lipinski definition) is 1. The number of hydrogen-bond acceptors (Lipinski definition) is 3. The molecule has 0 radical (unpaired) electrons. The van der Waals surface area contributed by atoms with Crippen molar-refractivity contribution in [1.29, 1.82) is 0 Å². The fourth-order valence-corrected chi connectivity index (χ4v) is 0.734. The Morgan fingerprint density at radius 3 is 2.82 bits per heavy atom. The van der Waals surface area contributed by atoms with E-state index in [0.717, 1.165) is 0 Å². The van der Waals surface area contributed by atoms with Crippen molar-refractivity contribution < 1.29 is 14.4 Å². The van der Waals surface area contributed by atoms with Crippen LogP contribution in [0.25, 0.3) is 0 Å². The lowest BCUT2D eigenvalue weighted by Gasteiger charge is -2.09. The van der Waals surface area contributed by atoms with Gasteiger partial charge in [-0.05, 0) is 0 Å². The third-order valence-electron chi connectivity index (χ3n) is 1.10. The minimum Gasteiger partial charge on any atom is -0.327 e. The van der Waals surface area contributed by atoms with E-state index in [2.05, 4.69) is 5.32 Å². The van der Waals surface area contributed by atoms with Crippen LogP contribution in [0.1, 0.15) is 0 Å². The summed E-state index contributed by atoms with van der Waals surface area (Å²) in [7, 11) is 0. The lowest BCUT2D eigenvalue weighted by atomic mass is 10.7. The van der Waals surface area contributed by atoms with Crippen molar-refractivity contribution >= 4 is 23.5 Å². The number of carbonyl (C=O) groups is 2. The van der Waals surface area contributed by atoms with Crippen molar-refractivity contribution in [3.05, 3.63) is 0 Å². The van der Waals surface area contributed by atoms with Gasteiger partial charge in [0.2, 0.25) is 0 Å². The molecule has 3 amide bonds. The SMILES string of the molecule is O=C1CNC(=O)N1OCCCl. The van der Waals surface area contributed by atoms with Crippen LogP contribution in [0.2, 0.25) is 0 Å². The van der Waals surface area contributed by atoms with Gasteiger partial charge < -0.3 is 5.32 Å². The average molecular weight is 179 g/mol. The number of halogens is 1. The average Bonchev–Trinajstić information content (AvgIpc) is 2.29. The molecule has 1 saturated heterocycles. The lowest BCUT2D eigenvalue weighted by molar-refractivity contribution is -0.159. The molecule has 11 heavy (non-hydrogen) atoms. The molecule has 6 heteroatoms. The maximum absolute atomic E-state index is 10.8. The van der Waals surface area contributed by atoms with Crippen LogP contribution in [-0.4, -0.2) is 36.0 Å². The van der Waals surface area contributed by atoms with Crippen LogP contribution >= 0.6 is 11.6 Å². The third kappa shape index (κ3) is 1.81. The quantitative estimate of drug-likeness (QED) is 0.477. The molecule has 0 aromatic heterocycles. The third-order valence-corrected chi connectivity index (χ3v) is 1.25. The molecule has 0 spiro atoms. The summed E-state index contributed by atoms with van der Waals surface area (Å²) in [5.41, 5.74) is 0. The maximum Gasteiger partial charge on any atom is 0.349 e. The predicted octanol–water partition coefficient (Wildman–Crippen LogP) is -0.291. The number of nitrogens with one attached hydrogen (secondary N) is 1. The summed E-state index contributed by atoms with van der Waals surface area (Å²) in [6.45, 7) is 0.155. The molecular weight excluding hydrogens is 172 g/mol. The Morgan fingerprint density at radius 1 is 1.64 bits per heavy atom. The van der Waals surface area contributed by atoms with Crippen molar-refractivity contribution in [1.82, 2.24) is 10.4 Å². The summed E-state index contributed by atoms with van der Waals surface area (Å²) in [5.74, 6) is -0.142. The Bertz CT molecular complexity index is 169. The second kappa shape index (κ2) is 3.54. The van der Waals surface area contributed by atoms with Crippen molar-refractivity contribution in [3.63, 3.8) is 0 Å². The first-order chi connectivity index (χ1) is 5.25. The van der Waals surface area contributed by atoms with E-state index in [-0.39, 0.29) is 24.9 Å². The van der Waals surface area contributed by atoms with E-state index in [4.69, 9.17) is 16.4 Å². The van der Waals surface area contributed by atoms with Gasteiger partial charge in [0.1, 0.15) is 6.54 Å². The van der Waals surface area contributed by atoms with Crippen LogP contribution < -0.4 is 5.32 Å². The van der Waals surface area contributed by atoms with Crippen LogP contribution in [0, 0.1) is 0 Å². The van der Waals surface area contributed by atoms with Gasteiger partial charge >= 0.3 is 6.03 Å². The molecule has 0 aromatic carbocycles. The molecule has 1 N–H and O–H groups in total. The molecule has 1 heterocycles. The minimum atomic E-state index is -0.528. The van der Waals surface area contributed by atoms with E-state index in [1.807, 2.05) is 0 Å². The first-order valence-corrected chi connectivity index (χ1v) is 3.59. The Labute approximate surface area is 68.2 Å². The van der Waals surface area contributed by atoms with Gasteiger partial charge in [-0.1, -0.05) is 0 Å². The molecule has 0 aromatic rings. The highest BCUT2D eigenvalue weighted by Gasteiger charge is 2.29. The summed E-state index contributed by atoms with van der Waals surface area (Å²) in [6.07, 6.45) is 0. The van der Waals surface area contributed by atoms with E-state index >= 15 is 0 Å². The van der Waals surface area contributed by atoms with E-state index in [1.165, 1.54) is 0 Å². The predicted molar refractivity (Wildman–Crippen MR) is 36.9 cm³/mol. The monoisotopic (exact) mass is 178 g/mol. The van der Waals surface area contributed by atoms with Gasteiger partial charge in [0, 0.05) is 5.88 Å². The van der Waals surface area contributed by atoms with Crippen LogP contribution in [0.5, 0.6) is 0 Å². The first-order valence-electron chi connectivity index (χ1n) is 3.05. The molecule has 5 nitrogen and oxygen atoms in total. The molecule has 1 aliphatic rings. The highest BCUT2D eigenvalue weighted by molar-refractivity contribution is 6.18. The molecule has 0 aliphatic carbocycles. The van der Waals surface area contributed by atoms with Crippen molar-refractivity contribution in [3.8, 4) is 0 Å². The fourth-order valence-electron chi connectivity index (χ4n) is 0.665. The summed E-state index contributed by atoms with van der Waals surface area (Å²) in [5, 5.41) is 2.98. The van der Waals surface area contributed by atoms with E-state index in [9.17, 15) is 9.59 Å². The van der Waals surface area contributed by atoms with Gasteiger partial charge in [0.25, 0.3) is 5.91 Å². The number of imide groups is 1. The van der Waals surface area contributed by atoms with Crippen LogP contribution in [0.4, 0.5) is 4.79 Å². The van der Waals surface area contributed by atoms with E-state index < -0.39 is 6.03 Å². The van der Waals surface area contributed by atoms with E-state index in [0.29, 0.717) is 5.06 Å². The molecule has 1 fully saturated rings. The second-order valence-corrected chi connectivity index (χ2v) is 2.25. The summed E-state index contributed by atoms with van der Waals surface area (Å²) in [4.78, 5) is 26.2. The van der Waals surface area contributed by atoms with Gasteiger partial charge in [0.15, 0.2) is 0 Å². The molecular formula is C5H7ClN2O3. The number of rotatable bonds is 3. The van der Waals surface area contributed by atoms with Gasteiger partial charge in [-0.2, -0.15) is 0 Å². The second-order valence-electron chi connectivity index (χ2n) is 1.87. The molecule has 1 rings (SSSR count). The molecule has 0 bridgehead atoms. The van der Waals surface area contributed by atoms with Crippen molar-refractivity contribution in [2.24, 2.45) is 0 Å². The fraction of sp³-hybridized carbons (Fsp3) is 0.600. The Morgan fingerprint density at radius 2 is 2.36 bits per heavy atom. The number of amides is 3. The topological polar surface area (TPSA) is 58.6 Å². The molecule has 0 saturated carbocycles. The highest BCUT2D eigenvalue weighted by Crippen LogP contribution is 1.99. The van der Waals surface area contributed by atoms with E-state index in [1.54, 1.807) is 0 Å². The number of alkyl halides is 1. The molecule has 0 atom stereocenters. The zero-order chi connectivity index (χ0) is 8.27. The van der Waals surface area contributed by atoms with Gasteiger partial charge in [-0.3, -0.25) is 9.63 Å². The number of hydroxylamine groups is 2. The standard InChI is InChI=1S/C5H7ClN2O3/c6-1-2-11-8-4(9)3-7-5(8)10/h1-3H2,(H,7,10). The smallest absolute Gasteiger partial charge is 0.327 e. The molecule has 1 aliphatic heterocycles. The van der Waals surface area contributed by atoms with Crippen molar-refractivity contribution in [2.45, 2.75) is 0 Å². The number of nitrogens with zero attached hydrogens (tertiary/aromatic N) is 1. The largest absolute Gasteiger partial charge is 0.349 e. The van der Waals surface area contributed by atoms with Crippen LogP contribution in [0.3, 0.4) is 0 Å². The van der Waals surface area contributed by atoms with Crippen LogP contribution in [-0.2, 0) is 9.63 Å². The highest BCUT2D eigenvalue weighted by atomic mass is 35.5. The summed E-state index contributed by atoms with van der Waals surface area (Å²) in [6, 6.07) is -0.528. The zero-order valence-electron chi connectivity index (χ0n) is 5.67. The Hall–Kier alpha value is -0.810. The molecule has 62 valence electrons. The summed E-state index contributed by atoms with van der Waals surface area (Å²) < 4.78 is 0. The van der Waals surface area contributed by atoms with Gasteiger partial charge in [-0.25, -0.2) is 4.79 Å². The first kappa shape index (κ1) is 8.29. The summed E-state index contributed by atoms with van der Waals surface area (Å²) >= 11 is 5.28. The normalized spacial score (nSPS) is 17.4. The number of carbonyl (C=O) groups excluding carboxylic acids is 2. The lowest BCUT2D eigenvalue weighted by Crippen LogP contribution is -2.31. The van der Waals surface area contributed by atoms with Gasteiger partial charge in [0.05, 0.1) is 6.61 Å². The molecule has 0 unspecified atom stereocenters. The van der Waals surface area contributed by atoms with Crippen LogP contribution in [0.15, 0.2) is 0 Å².